The number of alkyl halides is 3. The number of carbonyl (C=O) groups excluding carboxylic acids is 1. The summed E-state index contributed by atoms with van der Waals surface area (Å²) in [4.78, 5) is 21.3. The average molecular weight is 495 g/mol. The summed E-state index contributed by atoms with van der Waals surface area (Å²) in [5.41, 5.74) is 0.183. The van der Waals surface area contributed by atoms with Crippen LogP contribution in [0.25, 0.3) is 10.9 Å². The van der Waals surface area contributed by atoms with E-state index in [4.69, 9.17) is 5.26 Å². The number of pyridine rings is 1. The first-order valence-electron chi connectivity index (χ1n) is 11.9. The zero-order valence-electron chi connectivity index (χ0n) is 19.5. The number of benzene rings is 2. The summed E-state index contributed by atoms with van der Waals surface area (Å²) in [6.45, 7) is 1.89. The number of halogens is 3. The number of rotatable bonds is 3. The second kappa shape index (κ2) is 9.10. The van der Waals surface area contributed by atoms with Gasteiger partial charge >= 0.3 is 6.18 Å². The van der Waals surface area contributed by atoms with E-state index in [1.54, 1.807) is 29.3 Å². The fourth-order valence-electron chi connectivity index (χ4n) is 5.67. The third-order valence-electron chi connectivity index (χ3n) is 7.72. The van der Waals surface area contributed by atoms with Gasteiger partial charge in [0.15, 0.2) is 0 Å². The third-order valence-corrected chi connectivity index (χ3v) is 7.72. The minimum absolute atomic E-state index is 0.0551. The molecule has 1 aromatic heterocycles. The van der Waals surface area contributed by atoms with Gasteiger partial charge in [-0.2, -0.15) is 18.4 Å². The van der Waals surface area contributed by atoms with Gasteiger partial charge in [-0.1, -0.05) is 6.07 Å². The highest BCUT2D eigenvalue weighted by molar-refractivity contribution is 5.98. The summed E-state index contributed by atoms with van der Waals surface area (Å²) in [5.74, 6) is -0.196. The van der Waals surface area contributed by atoms with E-state index >= 15 is 0 Å². The molecule has 3 heterocycles. The molecule has 0 saturated carbocycles. The van der Waals surface area contributed by atoms with E-state index in [1.807, 2.05) is 29.2 Å². The lowest BCUT2D eigenvalue weighted by atomic mass is 9.71. The fraction of sp³-hybridized carbons (Fsp3) is 0.370. The van der Waals surface area contributed by atoms with Crippen LogP contribution in [0.3, 0.4) is 0 Å². The predicted octanol–water partition coefficient (Wildman–Crippen LogP) is 4.48. The molecule has 3 aromatic rings. The van der Waals surface area contributed by atoms with Gasteiger partial charge in [-0.25, -0.2) is 0 Å². The molecule has 2 aliphatic rings. The van der Waals surface area contributed by atoms with Crippen LogP contribution in [0.2, 0.25) is 0 Å². The van der Waals surface area contributed by atoms with Crippen molar-refractivity contribution >= 4 is 22.5 Å². The van der Waals surface area contributed by atoms with Crippen molar-refractivity contribution in [3.63, 3.8) is 0 Å². The van der Waals surface area contributed by atoms with Gasteiger partial charge in [0.1, 0.15) is 0 Å². The highest BCUT2D eigenvalue weighted by Gasteiger charge is 2.49. The normalized spacial score (nSPS) is 19.6. The first kappa shape index (κ1) is 24.1. The van der Waals surface area contributed by atoms with E-state index in [2.05, 4.69) is 4.98 Å². The number of amides is 1. The molecule has 2 aromatic carbocycles. The molecular formula is C27H25F3N4O2. The zero-order chi connectivity index (χ0) is 25.5. The van der Waals surface area contributed by atoms with Crippen LogP contribution in [0.1, 0.15) is 34.3 Å². The van der Waals surface area contributed by atoms with E-state index in [0.29, 0.717) is 50.3 Å². The molecule has 6 nitrogen and oxygen atoms in total. The number of piperidine rings is 1. The zero-order valence-corrected chi connectivity index (χ0v) is 19.5. The van der Waals surface area contributed by atoms with Crippen molar-refractivity contribution in [3.8, 4) is 6.07 Å². The third kappa shape index (κ3) is 4.26. The Kier molecular flexibility index (Phi) is 6.08. The number of hydrogen-bond donors (Lipinski definition) is 1. The molecule has 36 heavy (non-hydrogen) atoms. The van der Waals surface area contributed by atoms with E-state index < -0.39 is 17.3 Å². The molecule has 0 bridgehead atoms. The SMILES string of the molecule is N#Cc1ccc(N2CCC3(CC2)CN(C(=O)c2ccc4ncccc4c2)CC3CO)cc1C(F)(F)F. The molecule has 1 atom stereocenters. The molecule has 0 radical (unpaired) electrons. The van der Waals surface area contributed by atoms with Crippen molar-refractivity contribution < 1.29 is 23.1 Å². The van der Waals surface area contributed by atoms with Crippen LogP contribution in [-0.2, 0) is 6.18 Å². The molecule has 2 fully saturated rings. The Morgan fingerprint density at radius 3 is 2.64 bits per heavy atom. The van der Waals surface area contributed by atoms with Crippen LogP contribution in [0.15, 0.2) is 54.7 Å². The van der Waals surface area contributed by atoms with Gasteiger partial charge in [0.05, 0.1) is 22.7 Å². The van der Waals surface area contributed by atoms with Gasteiger partial charge in [0, 0.05) is 61.5 Å². The summed E-state index contributed by atoms with van der Waals surface area (Å²) >= 11 is 0. The quantitative estimate of drug-likeness (QED) is 0.581. The first-order valence-corrected chi connectivity index (χ1v) is 11.9. The summed E-state index contributed by atoms with van der Waals surface area (Å²) in [6, 6.07) is 14.6. The summed E-state index contributed by atoms with van der Waals surface area (Å²) in [5, 5.41) is 20.1. The summed E-state index contributed by atoms with van der Waals surface area (Å²) < 4.78 is 40.3. The van der Waals surface area contributed by atoms with Crippen molar-refractivity contribution in [1.82, 2.24) is 9.88 Å². The number of nitriles is 1. The fourth-order valence-corrected chi connectivity index (χ4v) is 5.67. The number of aliphatic hydroxyl groups excluding tert-OH is 1. The Bertz CT molecular complexity index is 1340. The van der Waals surface area contributed by atoms with E-state index in [0.717, 1.165) is 17.0 Å². The molecule has 1 unspecified atom stereocenters. The number of hydrogen-bond acceptors (Lipinski definition) is 5. The Morgan fingerprint density at radius 2 is 1.94 bits per heavy atom. The van der Waals surface area contributed by atoms with Crippen LogP contribution in [-0.4, -0.2) is 53.7 Å². The monoisotopic (exact) mass is 494 g/mol. The van der Waals surface area contributed by atoms with Gasteiger partial charge in [0.25, 0.3) is 5.91 Å². The van der Waals surface area contributed by atoms with Gasteiger partial charge in [0.2, 0.25) is 0 Å². The van der Waals surface area contributed by atoms with Crippen LogP contribution in [0.5, 0.6) is 0 Å². The van der Waals surface area contributed by atoms with Gasteiger partial charge in [-0.15, -0.1) is 0 Å². The highest BCUT2D eigenvalue weighted by atomic mass is 19.4. The Balaban J connectivity index is 1.32. The van der Waals surface area contributed by atoms with E-state index in [-0.39, 0.29) is 23.8 Å². The minimum atomic E-state index is -4.61. The van der Waals surface area contributed by atoms with Gasteiger partial charge < -0.3 is 14.9 Å². The lowest BCUT2D eigenvalue weighted by Crippen LogP contribution is -2.45. The van der Waals surface area contributed by atoms with Crippen molar-refractivity contribution in [2.75, 3.05) is 37.7 Å². The Hall–Kier alpha value is -3.64. The maximum absolute atomic E-state index is 13.4. The Labute approximate surface area is 206 Å². The smallest absolute Gasteiger partial charge is 0.396 e. The minimum Gasteiger partial charge on any atom is -0.396 e. The van der Waals surface area contributed by atoms with Crippen molar-refractivity contribution in [1.29, 1.82) is 5.26 Å². The van der Waals surface area contributed by atoms with Crippen LogP contribution in [0.4, 0.5) is 18.9 Å². The molecule has 1 N–H and O–H groups in total. The lowest BCUT2D eigenvalue weighted by molar-refractivity contribution is -0.137. The molecule has 186 valence electrons. The molecular weight excluding hydrogens is 469 g/mol. The number of carbonyl (C=O) groups is 1. The first-order chi connectivity index (χ1) is 17.2. The summed E-state index contributed by atoms with van der Waals surface area (Å²) in [7, 11) is 0. The predicted molar refractivity (Wildman–Crippen MR) is 128 cm³/mol. The second-order valence-electron chi connectivity index (χ2n) is 9.66. The van der Waals surface area contributed by atoms with Crippen LogP contribution >= 0.6 is 0 Å². The molecule has 9 heteroatoms. The number of fused-ring (bicyclic) bond motifs is 1. The standard InChI is InChI=1S/C27H25F3N4O2/c28-27(29,30)23-13-22(5-3-20(23)14-31)33-10-7-26(8-11-33)17-34(15-21(26)16-35)25(36)19-4-6-24-18(12-19)2-1-9-32-24/h1-6,9,12-13,21,35H,7-8,10-11,15-17H2. The lowest BCUT2D eigenvalue weighted by Gasteiger charge is -2.43. The second-order valence-corrected chi connectivity index (χ2v) is 9.66. The van der Waals surface area contributed by atoms with Crippen molar-refractivity contribution in [3.05, 3.63) is 71.4 Å². The average Bonchev–Trinajstić information content (AvgIpc) is 3.25. The number of anilines is 1. The molecule has 2 saturated heterocycles. The van der Waals surface area contributed by atoms with Crippen LogP contribution < -0.4 is 4.90 Å². The topological polar surface area (TPSA) is 80.5 Å². The highest BCUT2D eigenvalue weighted by Crippen LogP contribution is 2.46. The Morgan fingerprint density at radius 1 is 1.17 bits per heavy atom. The molecule has 1 amide bonds. The van der Waals surface area contributed by atoms with Crippen LogP contribution in [0, 0.1) is 22.7 Å². The molecule has 0 aliphatic carbocycles. The molecule has 1 spiro atoms. The van der Waals surface area contributed by atoms with E-state index in [9.17, 15) is 23.1 Å². The maximum Gasteiger partial charge on any atom is 0.417 e. The number of likely N-dealkylation sites (tertiary alicyclic amines) is 1. The van der Waals surface area contributed by atoms with E-state index in [1.165, 1.54) is 6.07 Å². The largest absolute Gasteiger partial charge is 0.417 e. The maximum atomic E-state index is 13.4. The number of nitrogens with zero attached hydrogens (tertiary/aromatic N) is 4. The molecule has 2 aliphatic heterocycles. The van der Waals surface area contributed by atoms with Crippen molar-refractivity contribution in [2.24, 2.45) is 11.3 Å². The number of aliphatic hydroxyl groups is 1. The number of aromatic nitrogens is 1. The van der Waals surface area contributed by atoms with Crippen molar-refractivity contribution in [2.45, 2.75) is 19.0 Å². The van der Waals surface area contributed by atoms with Gasteiger partial charge in [-0.3, -0.25) is 9.78 Å². The summed E-state index contributed by atoms with van der Waals surface area (Å²) in [6.07, 6.45) is -1.62. The van der Waals surface area contributed by atoms with Gasteiger partial charge in [-0.05, 0) is 60.7 Å². The molecule has 5 rings (SSSR count).